The Morgan fingerprint density at radius 1 is 1.50 bits per heavy atom. The van der Waals surface area contributed by atoms with Gasteiger partial charge in [-0.2, -0.15) is 0 Å². The summed E-state index contributed by atoms with van der Waals surface area (Å²) in [7, 11) is 0. The molecular weight excluding hydrogens is 174 g/mol. The third kappa shape index (κ3) is 2.81. The van der Waals surface area contributed by atoms with E-state index in [2.05, 4.69) is 18.7 Å². The molecule has 2 heteroatoms. The summed E-state index contributed by atoms with van der Waals surface area (Å²) in [5, 5.41) is 0. The van der Waals surface area contributed by atoms with Crippen molar-refractivity contribution in [1.29, 1.82) is 0 Å². The molecule has 0 aromatic heterocycles. The van der Waals surface area contributed by atoms with E-state index in [0.29, 0.717) is 12.2 Å². The molecule has 1 saturated heterocycles. The highest BCUT2D eigenvalue weighted by Crippen LogP contribution is 2.22. The number of nitrogens with zero attached hydrogens (tertiary/aromatic N) is 1. The van der Waals surface area contributed by atoms with E-state index in [0.717, 1.165) is 19.0 Å². The van der Waals surface area contributed by atoms with Gasteiger partial charge < -0.3 is 0 Å². The van der Waals surface area contributed by atoms with Crippen molar-refractivity contribution in [2.24, 2.45) is 5.92 Å². The molecule has 82 valence electrons. The van der Waals surface area contributed by atoms with Gasteiger partial charge in [-0.15, -0.1) is 0 Å². The highest BCUT2D eigenvalue weighted by atomic mass is 16.1. The lowest BCUT2D eigenvalue weighted by Crippen LogP contribution is -2.37. The maximum absolute atomic E-state index is 11.5. The zero-order valence-electron chi connectivity index (χ0n) is 9.75. The van der Waals surface area contributed by atoms with E-state index in [-0.39, 0.29) is 6.04 Å². The molecule has 2 nitrogen and oxygen atoms in total. The summed E-state index contributed by atoms with van der Waals surface area (Å²) < 4.78 is 0. The second kappa shape index (κ2) is 5.50. The predicted octanol–water partition coefficient (Wildman–Crippen LogP) is 2.48. The second-order valence-electron chi connectivity index (χ2n) is 4.43. The first-order chi connectivity index (χ1) is 6.69. The molecule has 14 heavy (non-hydrogen) atoms. The van der Waals surface area contributed by atoms with Gasteiger partial charge >= 0.3 is 0 Å². The third-order valence-electron chi connectivity index (χ3n) is 3.38. The molecule has 1 aliphatic rings. The summed E-state index contributed by atoms with van der Waals surface area (Å²) in [5.41, 5.74) is 0. The van der Waals surface area contributed by atoms with Gasteiger partial charge in [-0.05, 0) is 32.2 Å². The molecule has 0 aliphatic carbocycles. The summed E-state index contributed by atoms with van der Waals surface area (Å²) in [6, 6.07) is 0.154. The van der Waals surface area contributed by atoms with Crippen molar-refractivity contribution in [3.05, 3.63) is 0 Å². The normalized spacial score (nSPS) is 25.2. The minimum absolute atomic E-state index is 0.154. The lowest BCUT2D eigenvalue weighted by Gasteiger charge is -2.22. The number of carbonyl (C=O) groups excluding carboxylic acids is 1. The van der Waals surface area contributed by atoms with Gasteiger partial charge in [0.25, 0.3) is 0 Å². The van der Waals surface area contributed by atoms with Crippen LogP contribution in [-0.4, -0.2) is 29.8 Å². The van der Waals surface area contributed by atoms with Crippen molar-refractivity contribution < 1.29 is 4.79 Å². The fourth-order valence-electron chi connectivity index (χ4n) is 2.36. The molecule has 1 rings (SSSR count). The number of likely N-dealkylation sites (tertiary alicyclic amines) is 1. The average molecular weight is 197 g/mol. The van der Waals surface area contributed by atoms with Crippen LogP contribution in [-0.2, 0) is 4.79 Å². The monoisotopic (exact) mass is 197 g/mol. The van der Waals surface area contributed by atoms with E-state index in [4.69, 9.17) is 0 Å². The van der Waals surface area contributed by atoms with E-state index >= 15 is 0 Å². The van der Waals surface area contributed by atoms with Crippen LogP contribution in [0.1, 0.15) is 46.5 Å². The zero-order chi connectivity index (χ0) is 10.6. The minimum atomic E-state index is 0.154. The Hall–Kier alpha value is -0.370. The molecule has 0 radical (unpaired) electrons. The quantitative estimate of drug-likeness (QED) is 0.675. The van der Waals surface area contributed by atoms with Gasteiger partial charge in [0.05, 0.1) is 6.04 Å². The smallest absolute Gasteiger partial charge is 0.149 e. The molecule has 2 atom stereocenters. The van der Waals surface area contributed by atoms with Gasteiger partial charge in [0.1, 0.15) is 5.78 Å². The van der Waals surface area contributed by atoms with E-state index in [1.54, 1.807) is 0 Å². The summed E-state index contributed by atoms with van der Waals surface area (Å²) in [6.07, 6.45) is 4.56. The van der Waals surface area contributed by atoms with Crippen LogP contribution in [0.2, 0.25) is 0 Å². The zero-order valence-corrected chi connectivity index (χ0v) is 9.75. The van der Waals surface area contributed by atoms with Crippen LogP contribution in [0.3, 0.4) is 0 Å². The fourth-order valence-corrected chi connectivity index (χ4v) is 2.36. The van der Waals surface area contributed by atoms with Gasteiger partial charge in [0.15, 0.2) is 0 Å². The van der Waals surface area contributed by atoms with Crippen LogP contribution < -0.4 is 0 Å². The maximum atomic E-state index is 11.5. The Balaban J connectivity index is 2.37. The van der Waals surface area contributed by atoms with Crippen molar-refractivity contribution in [1.82, 2.24) is 4.90 Å². The van der Waals surface area contributed by atoms with Crippen molar-refractivity contribution in [2.45, 2.75) is 52.5 Å². The number of hydrogen-bond donors (Lipinski definition) is 0. The van der Waals surface area contributed by atoms with E-state index in [1.807, 2.05) is 6.92 Å². The Labute approximate surface area is 87.7 Å². The molecule has 2 unspecified atom stereocenters. The minimum Gasteiger partial charge on any atom is -0.298 e. The van der Waals surface area contributed by atoms with Crippen molar-refractivity contribution in [2.75, 3.05) is 13.1 Å². The van der Waals surface area contributed by atoms with Crippen LogP contribution in [0.4, 0.5) is 0 Å². The second-order valence-corrected chi connectivity index (χ2v) is 4.43. The van der Waals surface area contributed by atoms with Crippen molar-refractivity contribution in [3.63, 3.8) is 0 Å². The topological polar surface area (TPSA) is 20.3 Å². The molecule has 1 fully saturated rings. The standard InChI is InChI=1S/C12H23NO/c1-4-6-11-7-8-13(9-11)10(3)12(14)5-2/h10-11H,4-9H2,1-3H3. The highest BCUT2D eigenvalue weighted by Gasteiger charge is 2.27. The Morgan fingerprint density at radius 2 is 2.21 bits per heavy atom. The van der Waals surface area contributed by atoms with Crippen LogP contribution >= 0.6 is 0 Å². The number of rotatable bonds is 5. The van der Waals surface area contributed by atoms with Gasteiger partial charge in [-0.3, -0.25) is 9.69 Å². The molecule has 0 aromatic rings. The first-order valence-corrected chi connectivity index (χ1v) is 5.95. The summed E-state index contributed by atoms with van der Waals surface area (Å²) in [5.74, 6) is 1.23. The van der Waals surface area contributed by atoms with E-state index in [9.17, 15) is 4.79 Å². The molecule has 1 aliphatic heterocycles. The number of Topliss-reactive ketones (excluding diaryl/α,β-unsaturated/α-hetero) is 1. The Morgan fingerprint density at radius 3 is 2.79 bits per heavy atom. The third-order valence-corrected chi connectivity index (χ3v) is 3.38. The lowest BCUT2D eigenvalue weighted by molar-refractivity contribution is -0.123. The molecule has 0 bridgehead atoms. The van der Waals surface area contributed by atoms with E-state index in [1.165, 1.54) is 19.3 Å². The van der Waals surface area contributed by atoms with Gasteiger partial charge in [0, 0.05) is 13.0 Å². The van der Waals surface area contributed by atoms with E-state index < -0.39 is 0 Å². The van der Waals surface area contributed by atoms with Gasteiger partial charge in [-0.25, -0.2) is 0 Å². The average Bonchev–Trinajstić information content (AvgIpc) is 2.64. The SMILES string of the molecule is CCCC1CCN(C(C)C(=O)CC)C1. The largest absolute Gasteiger partial charge is 0.298 e. The summed E-state index contributed by atoms with van der Waals surface area (Å²) in [6.45, 7) is 8.51. The van der Waals surface area contributed by atoms with Crippen molar-refractivity contribution in [3.8, 4) is 0 Å². The van der Waals surface area contributed by atoms with Crippen LogP contribution in [0.15, 0.2) is 0 Å². The van der Waals surface area contributed by atoms with Crippen molar-refractivity contribution >= 4 is 5.78 Å². The van der Waals surface area contributed by atoms with Gasteiger partial charge in [-0.1, -0.05) is 20.3 Å². The number of ketones is 1. The molecule has 0 N–H and O–H groups in total. The van der Waals surface area contributed by atoms with Crippen LogP contribution in [0.5, 0.6) is 0 Å². The fraction of sp³-hybridized carbons (Fsp3) is 0.917. The molecule has 1 heterocycles. The highest BCUT2D eigenvalue weighted by molar-refractivity contribution is 5.83. The number of carbonyl (C=O) groups is 1. The van der Waals surface area contributed by atoms with Crippen LogP contribution in [0.25, 0.3) is 0 Å². The lowest BCUT2D eigenvalue weighted by atomic mass is 10.0. The first-order valence-electron chi connectivity index (χ1n) is 5.95. The molecule has 0 spiro atoms. The van der Waals surface area contributed by atoms with Crippen LogP contribution in [0, 0.1) is 5.92 Å². The summed E-state index contributed by atoms with van der Waals surface area (Å²) in [4.78, 5) is 13.9. The molecular formula is C12H23NO. The Bertz CT molecular complexity index is 191. The molecule has 0 aromatic carbocycles. The maximum Gasteiger partial charge on any atom is 0.149 e. The molecule has 0 amide bonds. The first kappa shape index (κ1) is 11.7. The Kier molecular flexibility index (Phi) is 4.59. The summed E-state index contributed by atoms with van der Waals surface area (Å²) >= 11 is 0. The molecule has 0 saturated carbocycles. The number of hydrogen-bond acceptors (Lipinski definition) is 2. The predicted molar refractivity (Wildman–Crippen MR) is 59.3 cm³/mol. The van der Waals surface area contributed by atoms with Gasteiger partial charge in [0.2, 0.25) is 0 Å².